The Hall–Kier alpha value is -0.0800. The molecule has 1 saturated carbocycles. The van der Waals surface area contributed by atoms with Crippen LogP contribution in [0.5, 0.6) is 0 Å². The highest BCUT2D eigenvalue weighted by Gasteiger charge is 2.38. The smallest absolute Gasteiger partial charge is 0.168 e. The summed E-state index contributed by atoms with van der Waals surface area (Å²) in [5.41, 5.74) is 0. The lowest BCUT2D eigenvalue weighted by atomic mass is 9.91. The van der Waals surface area contributed by atoms with Crippen LogP contribution in [0.25, 0.3) is 0 Å². The summed E-state index contributed by atoms with van der Waals surface area (Å²) in [6.07, 6.45) is 6.11. The highest BCUT2D eigenvalue weighted by atomic mass is 16.7. The van der Waals surface area contributed by atoms with Crippen LogP contribution in [-0.2, 0) is 9.47 Å². The van der Waals surface area contributed by atoms with Crippen LogP contribution in [0.3, 0.4) is 0 Å². The van der Waals surface area contributed by atoms with Gasteiger partial charge in [-0.3, -0.25) is 0 Å². The standard InChI is InChI=1S/C12H22O2/c1-10(2)11-8-13-12(14-9-11)6-4-3-5-7-12/h10-11H,3-9H2,1-2H3. The molecule has 1 aliphatic heterocycles. The van der Waals surface area contributed by atoms with E-state index in [1.165, 1.54) is 19.3 Å². The third-order valence-corrected chi connectivity index (χ3v) is 3.68. The summed E-state index contributed by atoms with van der Waals surface area (Å²) in [6, 6.07) is 0. The molecule has 0 bridgehead atoms. The van der Waals surface area contributed by atoms with Gasteiger partial charge in [0, 0.05) is 18.8 Å². The van der Waals surface area contributed by atoms with Crippen molar-refractivity contribution < 1.29 is 9.47 Å². The molecule has 2 fully saturated rings. The van der Waals surface area contributed by atoms with Crippen molar-refractivity contribution in [3.8, 4) is 0 Å². The maximum Gasteiger partial charge on any atom is 0.168 e. The minimum absolute atomic E-state index is 0.177. The van der Waals surface area contributed by atoms with Crippen LogP contribution in [0.4, 0.5) is 0 Å². The summed E-state index contributed by atoms with van der Waals surface area (Å²) in [5, 5.41) is 0. The highest BCUT2D eigenvalue weighted by molar-refractivity contribution is 4.80. The second kappa shape index (κ2) is 4.19. The van der Waals surface area contributed by atoms with Gasteiger partial charge in [0.25, 0.3) is 0 Å². The molecule has 0 N–H and O–H groups in total. The Morgan fingerprint density at radius 3 is 2.07 bits per heavy atom. The van der Waals surface area contributed by atoms with E-state index in [0.717, 1.165) is 26.1 Å². The van der Waals surface area contributed by atoms with Crippen molar-refractivity contribution in [2.24, 2.45) is 11.8 Å². The van der Waals surface area contributed by atoms with Gasteiger partial charge in [-0.25, -0.2) is 0 Å². The van der Waals surface area contributed by atoms with Gasteiger partial charge in [0.1, 0.15) is 0 Å². The Morgan fingerprint density at radius 2 is 1.57 bits per heavy atom. The lowest BCUT2D eigenvalue weighted by Gasteiger charge is -2.43. The highest BCUT2D eigenvalue weighted by Crippen LogP contribution is 2.37. The predicted octanol–water partition coefficient (Wildman–Crippen LogP) is 2.97. The van der Waals surface area contributed by atoms with Crippen LogP contribution < -0.4 is 0 Å². The van der Waals surface area contributed by atoms with E-state index in [-0.39, 0.29) is 5.79 Å². The zero-order valence-electron chi connectivity index (χ0n) is 9.42. The van der Waals surface area contributed by atoms with Crippen LogP contribution >= 0.6 is 0 Å². The van der Waals surface area contributed by atoms with Crippen LogP contribution in [0, 0.1) is 11.8 Å². The van der Waals surface area contributed by atoms with E-state index in [0.29, 0.717) is 11.8 Å². The summed E-state index contributed by atoms with van der Waals surface area (Å²) in [5.74, 6) is 1.10. The summed E-state index contributed by atoms with van der Waals surface area (Å²) in [6.45, 7) is 6.29. The fourth-order valence-electron chi connectivity index (χ4n) is 2.37. The summed E-state index contributed by atoms with van der Waals surface area (Å²) in [4.78, 5) is 0. The van der Waals surface area contributed by atoms with E-state index in [9.17, 15) is 0 Å². The van der Waals surface area contributed by atoms with Gasteiger partial charge in [-0.05, 0) is 18.8 Å². The minimum Gasteiger partial charge on any atom is -0.350 e. The summed E-state index contributed by atoms with van der Waals surface area (Å²) < 4.78 is 11.9. The molecular weight excluding hydrogens is 176 g/mol. The molecule has 1 saturated heterocycles. The molecule has 0 aromatic rings. The van der Waals surface area contributed by atoms with Gasteiger partial charge in [0.05, 0.1) is 13.2 Å². The fraction of sp³-hybridized carbons (Fsp3) is 1.00. The van der Waals surface area contributed by atoms with Gasteiger partial charge >= 0.3 is 0 Å². The van der Waals surface area contributed by atoms with E-state index in [1.54, 1.807) is 0 Å². The van der Waals surface area contributed by atoms with Gasteiger partial charge in [0.15, 0.2) is 5.79 Å². The summed E-state index contributed by atoms with van der Waals surface area (Å²) >= 11 is 0. The molecule has 0 unspecified atom stereocenters. The second-order valence-electron chi connectivity index (χ2n) is 5.10. The molecule has 14 heavy (non-hydrogen) atoms. The van der Waals surface area contributed by atoms with Crippen molar-refractivity contribution in [2.45, 2.75) is 51.7 Å². The van der Waals surface area contributed by atoms with Crippen molar-refractivity contribution in [1.29, 1.82) is 0 Å². The second-order valence-corrected chi connectivity index (χ2v) is 5.10. The average molecular weight is 198 g/mol. The molecule has 1 spiro atoms. The number of hydrogen-bond acceptors (Lipinski definition) is 2. The molecule has 0 amide bonds. The first kappa shape index (κ1) is 10.4. The van der Waals surface area contributed by atoms with Gasteiger partial charge < -0.3 is 9.47 Å². The van der Waals surface area contributed by atoms with E-state index in [1.807, 2.05) is 0 Å². The molecule has 0 aromatic carbocycles. The SMILES string of the molecule is CC(C)C1COC2(CCCCC2)OC1. The lowest BCUT2D eigenvalue weighted by molar-refractivity contribution is -0.298. The van der Waals surface area contributed by atoms with Crippen molar-refractivity contribution in [2.75, 3.05) is 13.2 Å². The first-order valence-corrected chi connectivity index (χ1v) is 6.00. The van der Waals surface area contributed by atoms with E-state index >= 15 is 0 Å². The van der Waals surface area contributed by atoms with Crippen LogP contribution in [-0.4, -0.2) is 19.0 Å². The van der Waals surface area contributed by atoms with Crippen LogP contribution in [0.2, 0.25) is 0 Å². The van der Waals surface area contributed by atoms with Crippen LogP contribution in [0.1, 0.15) is 46.0 Å². The molecule has 0 radical (unpaired) electrons. The largest absolute Gasteiger partial charge is 0.350 e. The number of ether oxygens (including phenoxy) is 2. The van der Waals surface area contributed by atoms with Gasteiger partial charge in [0.2, 0.25) is 0 Å². The molecule has 2 heteroatoms. The fourth-order valence-corrected chi connectivity index (χ4v) is 2.37. The first-order chi connectivity index (χ1) is 6.72. The van der Waals surface area contributed by atoms with Gasteiger partial charge in [-0.15, -0.1) is 0 Å². The van der Waals surface area contributed by atoms with E-state index in [4.69, 9.17) is 9.47 Å². The molecule has 2 aliphatic rings. The van der Waals surface area contributed by atoms with E-state index < -0.39 is 0 Å². The maximum atomic E-state index is 5.96. The Balaban J connectivity index is 1.87. The monoisotopic (exact) mass is 198 g/mol. The first-order valence-electron chi connectivity index (χ1n) is 6.00. The molecule has 2 rings (SSSR count). The molecule has 1 heterocycles. The minimum atomic E-state index is -0.177. The number of hydrogen-bond donors (Lipinski definition) is 0. The normalized spacial score (nSPS) is 28.5. The van der Waals surface area contributed by atoms with E-state index in [2.05, 4.69) is 13.8 Å². The zero-order chi connectivity index (χ0) is 10.0. The average Bonchev–Trinajstić information content (AvgIpc) is 2.19. The molecule has 1 aliphatic carbocycles. The topological polar surface area (TPSA) is 18.5 Å². The molecule has 82 valence electrons. The Morgan fingerprint density at radius 1 is 1.00 bits per heavy atom. The molecule has 0 aromatic heterocycles. The van der Waals surface area contributed by atoms with Gasteiger partial charge in [-0.2, -0.15) is 0 Å². The van der Waals surface area contributed by atoms with Crippen molar-refractivity contribution in [3.63, 3.8) is 0 Å². The molecule has 2 nitrogen and oxygen atoms in total. The predicted molar refractivity (Wildman–Crippen MR) is 56.0 cm³/mol. The lowest BCUT2D eigenvalue weighted by Crippen LogP contribution is -2.46. The van der Waals surface area contributed by atoms with Gasteiger partial charge in [-0.1, -0.05) is 20.3 Å². The number of rotatable bonds is 1. The third-order valence-electron chi connectivity index (χ3n) is 3.68. The van der Waals surface area contributed by atoms with Crippen LogP contribution in [0.15, 0.2) is 0 Å². The molecular formula is C12H22O2. The Kier molecular flexibility index (Phi) is 3.13. The molecule has 0 atom stereocenters. The van der Waals surface area contributed by atoms with Crippen molar-refractivity contribution in [1.82, 2.24) is 0 Å². The Labute approximate surface area is 87.0 Å². The zero-order valence-corrected chi connectivity index (χ0v) is 9.42. The van der Waals surface area contributed by atoms with Crippen molar-refractivity contribution >= 4 is 0 Å². The Bertz CT molecular complexity index is 173. The third kappa shape index (κ3) is 2.12. The van der Waals surface area contributed by atoms with Crippen molar-refractivity contribution in [3.05, 3.63) is 0 Å². The summed E-state index contributed by atoms with van der Waals surface area (Å²) in [7, 11) is 0. The maximum absolute atomic E-state index is 5.96. The quantitative estimate of drug-likeness (QED) is 0.645.